The van der Waals surface area contributed by atoms with Gasteiger partial charge in [0, 0.05) is 16.2 Å². The van der Waals surface area contributed by atoms with Crippen molar-refractivity contribution in [2.24, 2.45) is 5.73 Å². The molecule has 0 aliphatic carbocycles. The van der Waals surface area contributed by atoms with E-state index in [1.807, 2.05) is 13.8 Å². The van der Waals surface area contributed by atoms with Gasteiger partial charge < -0.3 is 10.8 Å². The van der Waals surface area contributed by atoms with Gasteiger partial charge in [0.05, 0.1) is 6.61 Å². The second-order valence-electron chi connectivity index (χ2n) is 3.58. The van der Waals surface area contributed by atoms with Crippen LogP contribution >= 0.6 is 11.8 Å². The van der Waals surface area contributed by atoms with Gasteiger partial charge in [0.2, 0.25) is 0 Å². The Hall–Kier alpha value is -0.580. The van der Waals surface area contributed by atoms with Crippen molar-refractivity contribution in [3.8, 4) is 0 Å². The summed E-state index contributed by atoms with van der Waals surface area (Å²) in [4.78, 5) is 0.938. The molecule has 0 heterocycles. The summed E-state index contributed by atoms with van der Waals surface area (Å²) in [6, 6.07) is 4.38. The third kappa shape index (κ3) is 3.48. The molecular weight excluding hydrogens is 213 g/mol. The minimum Gasteiger partial charge on any atom is -0.395 e. The van der Waals surface area contributed by atoms with Gasteiger partial charge in [0.15, 0.2) is 0 Å². The lowest BCUT2D eigenvalue weighted by Gasteiger charge is -2.15. The van der Waals surface area contributed by atoms with E-state index in [1.165, 1.54) is 23.9 Å². The number of hydrogen-bond donors (Lipinski definition) is 2. The fourth-order valence-corrected chi connectivity index (χ4v) is 2.27. The highest BCUT2D eigenvalue weighted by Gasteiger charge is 2.11. The molecule has 0 saturated heterocycles. The molecule has 2 nitrogen and oxygen atoms in total. The number of hydrogen-bond acceptors (Lipinski definition) is 3. The standard InChI is InChI=1S/C11H16FNOS/c1-7(6-14)15-11-4-3-9(12)5-10(11)8(2)13/h3-5,7-8,14H,6,13H2,1-2H3/t7?,8-/m0/s1. The zero-order chi connectivity index (χ0) is 11.4. The number of nitrogens with two attached hydrogens (primary N) is 1. The summed E-state index contributed by atoms with van der Waals surface area (Å²) in [6.45, 7) is 3.84. The number of benzene rings is 1. The van der Waals surface area contributed by atoms with E-state index in [2.05, 4.69) is 0 Å². The molecule has 0 aromatic heterocycles. The van der Waals surface area contributed by atoms with E-state index in [0.717, 1.165) is 10.5 Å². The molecule has 1 rings (SSSR count). The molecule has 1 aromatic rings. The fourth-order valence-electron chi connectivity index (χ4n) is 1.24. The first-order valence-corrected chi connectivity index (χ1v) is 5.75. The molecule has 1 unspecified atom stereocenters. The van der Waals surface area contributed by atoms with E-state index in [0.29, 0.717) is 0 Å². The molecule has 3 N–H and O–H groups in total. The molecule has 0 amide bonds. The predicted molar refractivity (Wildman–Crippen MR) is 61.4 cm³/mol. The molecule has 84 valence electrons. The molecule has 15 heavy (non-hydrogen) atoms. The molecular formula is C11H16FNOS. The SMILES string of the molecule is CC(CO)Sc1ccc(F)cc1[C@H](C)N. The van der Waals surface area contributed by atoms with Crippen LogP contribution in [-0.4, -0.2) is 17.0 Å². The Balaban J connectivity index is 2.95. The maximum absolute atomic E-state index is 13.0. The topological polar surface area (TPSA) is 46.2 Å². The molecule has 4 heteroatoms. The second-order valence-corrected chi connectivity index (χ2v) is 5.06. The summed E-state index contributed by atoms with van der Waals surface area (Å²) in [5.74, 6) is -0.275. The Morgan fingerprint density at radius 1 is 1.47 bits per heavy atom. The van der Waals surface area contributed by atoms with Crippen LogP contribution < -0.4 is 5.73 Å². The summed E-state index contributed by atoms with van der Waals surface area (Å²) in [6.07, 6.45) is 0. The van der Waals surface area contributed by atoms with Gasteiger partial charge in [0.25, 0.3) is 0 Å². The summed E-state index contributed by atoms with van der Waals surface area (Å²) in [5, 5.41) is 9.04. The highest BCUT2D eigenvalue weighted by molar-refractivity contribution is 8.00. The lowest BCUT2D eigenvalue weighted by molar-refractivity contribution is 0.300. The Bertz CT molecular complexity index is 330. The molecule has 0 fully saturated rings. The molecule has 2 atom stereocenters. The molecule has 1 aromatic carbocycles. The highest BCUT2D eigenvalue weighted by Crippen LogP contribution is 2.30. The minimum atomic E-state index is -0.275. The van der Waals surface area contributed by atoms with Gasteiger partial charge in [0.1, 0.15) is 5.82 Å². The Labute approximate surface area is 93.7 Å². The van der Waals surface area contributed by atoms with Gasteiger partial charge in [-0.1, -0.05) is 6.92 Å². The third-order valence-electron chi connectivity index (χ3n) is 2.05. The number of halogens is 1. The van der Waals surface area contributed by atoms with Crippen molar-refractivity contribution >= 4 is 11.8 Å². The van der Waals surface area contributed by atoms with E-state index in [-0.39, 0.29) is 23.7 Å². The van der Waals surface area contributed by atoms with E-state index in [9.17, 15) is 4.39 Å². The van der Waals surface area contributed by atoms with Gasteiger partial charge in [-0.15, -0.1) is 11.8 Å². The van der Waals surface area contributed by atoms with Crippen molar-refractivity contribution in [2.75, 3.05) is 6.61 Å². The van der Waals surface area contributed by atoms with Crippen LogP contribution in [0, 0.1) is 5.82 Å². The van der Waals surface area contributed by atoms with E-state index < -0.39 is 0 Å². The van der Waals surface area contributed by atoms with Gasteiger partial charge in [-0.3, -0.25) is 0 Å². The summed E-state index contributed by atoms with van der Waals surface area (Å²) in [5.41, 5.74) is 6.55. The van der Waals surface area contributed by atoms with Gasteiger partial charge >= 0.3 is 0 Å². The van der Waals surface area contributed by atoms with Crippen LogP contribution in [0.25, 0.3) is 0 Å². The Morgan fingerprint density at radius 3 is 2.67 bits per heavy atom. The quantitative estimate of drug-likeness (QED) is 0.779. The monoisotopic (exact) mass is 229 g/mol. The van der Waals surface area contributed by atoms with Gasteiger partial charge in [-0.2, -0.15) is 0 Å². The van der Waals surface area contributed by atoms with Crippen molar-refractivity contribution in [3.05, 3.63) is 29.6 Å². The average Bonchev–Trinajstić information content (AvgIpc) is 2.20. The molecule has 0 spiro atoms. The maximum atomic E-state index is 13.0. The van der Waals surface area contributed by atoms with Gasteiger partial charge in [-0.25, -0.2) is 4.39 Å². The Morgan fingerprint density at radius 2 is 2.13 bits per heavy atom. The first-order chi connectivity index (χ1) is 7.04. The molecule has 0 radical (unpaired) electrons. The first-order valence-electron chi connectivity index (χ1n) is 4.87. The number of rotatable bonds is 4. The number of aliphatic hydroxyl groups is 1. The molecule has 0 aliphatic rings. The van der Waals surface area contributed by atoms with E-state index in [1.54, 1.807) is 6.07 Å². The first kappa shape index (κ1) is 12.5. The highest BCUT2D eigenvalue weighted by atomic mass is 32.2. The molecule has 0 bridgehead atoms. The number of aliphatic hydroxyl groups excluding tert-OH is 1. The fraction of sp³-hybridized carbons (Fsp3) is 0.455. The molecule has 0 aliphatic heterocycles. The smallest absolute Gasteiger partial charge is 0.123 e. The van der Waals surface area contributed by atoms with Crippen molar-refractivity contribution in [2.45, 2.75) is 30.0 Å². The summed E-state index contributed by atoms with van der Waals surface area (Å²) < 4.78 is 13.0. The van der Waals surface area contributed by atoms with Crippen LogP contribution in [0.1, 0.15) is 25.5 Å². The normalized spacial score (nSPS) is 15.0. The van der Waals surface area contributed by atoms with E-state index in [4.69, 9.17) is 10.8 Å². The molecule has 0 saturated carbocycles. The van der Waals surface area contributed by atoms with Crippen LogP contribution in [0.3, 0.4) is 0 Å². The summed E-state index contributed by atoms with van der Waals surface area (Å²) >= 11 is 1.51. The van der Waals surface area contributed by atoms with Crippen molar-refractivity contribution in [1.29, 1.82) is 0 Å². The largest absolute Gasteiger partial charge is 0.395 e. The average molecular weight is 229 g/mol. The van der Waals surface area contributed by atoms with Crippen LogP contribution in [0.4, 0.5) is 4.39 Å². The lowest BCUT2D eigenvalue weighted by Crippen LogP contribution is -2.09. The minimum absolute atomic E-state index is 0.0907. The lowest BCUT2D eigenvalue weighted by atomic mass is 10.1. The van der Waals surface area contributed by atoms with Crippen molar-refractivity contribution in [1.82, 2.24) is 0 Å². The summed E-state index contributed by atoms with van der Waals surface area (Å²) in [7, 11) is 0. The zero-order valence-corrected chi connectivity index (χ0v) is 9.72. The van der Waals surface area contributed by atoms with Crippen molar-refractivity contribution in [3.63, 3.8) is 0 Å². The zero-order valence-electron chi connectivity index (χ0n) is 8.90. The second kappa shape index (κ2) is 5.49. The van der Waals surface area contributed by atoms with E-state index >= 15 is 0 Å². The predicted octanol–water partition coefficient (Wildman–Crippen LogP) is 2.32. The van der Waals surface area contributed by atoms with Crippen LogP contribution in [0.2, 0.25) is 0 Å². The number of thioether (sulfide) groups is 1. The maximum Gasteiger partial charge on any atom is 0.123 e. The third-order valence-corrected chi connectivity index (χ3v) is 3.22. The van der Waals surface area contributed by atoms with Crippen LogP contribution in [-0.2, 0) is 0 Å². The van der Waals surface area contributed by atoms with Crippen LogP contribution in [0.15, 0.2) is 23.1 Å². The van der Waals surface area contributed by atoms with Gasteiger partial charge in [-0.05, 0) is 30.7 Å². The van der Waals surface area contributed by atoms with Crippen LogP contribution in [0.5, 0.6) is 0 Å². The van der Waals surface area contributed by atoms with Crippen molar-refractivity contribution < 1.29 is 9.50 Å². The Kier molecular flexibility index (Phi) is 4.57.